The Morgan fingerprint density at radius 3 is 2.53 bits per heavy atom. The number of hydrogen-bond donors (Lipinski definition) is 0. The van der Waals surface area contributed by atoms with Crippen LogP contribution < -0.4 is 0 Å². The Hall–Kier alpha value is -0.330. The zero-order valence-corrected chi connectivity index (χ0v) is 10.0. The zero-order valence-electron chi connectivity index (χ0n) is 10.0. The molecule has 2 saturated carbocycles. The van der Waals surface area contributed by atoms with Gasteiger partial charge in [-0.05, 0) is 38.0 Å². The number of hydrogen-bond acceptors (Lipinski definition) is 1. The number of unbranched alkanes of at least 4 members (excludes halogenated alkanes) is 1. The Morgan fingerprint density at radius 1 is 1.13 bits per heavy atom. The maximum absolute atomic E-state index is 12.2. The van der Waals surface area contributed by atoms with Crippen molar-refractivity contribution in [2.45, 2.75) is 64.7 Å². The predicted molar refractivity (Wildman–Crippen MR) is 62.7 cm³/mol. The second kappa shape index (κ2) is 5.14. The number of Topliss-reactive ketones (excluding diaryl/α,β-unsaturated/α-hetero) is 1. The van der Waals surface area contributed by atoms with E-state index in [1.54, 1.807) is 0 Å². The molecule has 0 amide bonds. The van der Waals surface area contributed by atoms with Gasteiger partial charge in [-0.15, -0.1) is 0 Å². The second-order valence-electron chi connectivity index (χ2n) is 5.47. The highest BCUT2D eigenvalue weighted by molar-refractivity contribution is 5.85. The minimum atomic E-state index is 0.440. The van der Waals surface area contributed by atoms with E-state index in [-0.39, 0.29) is 0 Å². The highest BCUT2D eigenvalue weighted by Gasteiger charge is 2.38. The molecule has 2 aliphatic rings. The molecule has 0 spiro atoms. The van der Waals surface area contributed by atoms with Gasteiger partial charge in [-0.1, -0.05) is 32.6 Å². The van der Waals surface area contributed by atoms with Crippen LogP contribution >= 0.6 is 0 Å². The van der Waals surface area contributed by atoms with E-state index < -0.39 is 0 Å². The monoisotopic (exact) mass is 208 g/mol. The van der Waals surface area contributed by atoms with E-state index in [0.29, 0.717) is 17.6 Å². The summed E-state index contributed by atoms with van der Waals surface area (Å²) in [5, 5.41) is 0. The molecule has 0 bridgehead atoms. The van der Waals surface area contributed by atoms with E-state index in [0.717, 1.165) is 5.92 Å². The van der Waals surface area contributed by atoms with Crippen LogP contribution in [0.4, 0.5) is 0 Å². The first kappa shape index (κ1) is 11.2. The average molecular weight is 208 g/mol. The molecule has 0 aliphatic heterocycles. The molecule has 2 rings (SSSR count). The van der Waals surface area contributed by atoms with E-state index in [1.165, 1.54) is 57.8 Å². The second-order valence-corrected chi connectivity index (χ2v) is 5.47. The molecule has 0 saturated heterocycles. The molecule has 0 N–H and O–H groups in total. The van der Waals surface area contributed by atoms with Crippen molar-refractivity contribution < 1.29 is 4.79 Å². The zero-order chi connectivity index (χ0) is 10.7. The van der Waals surface area contributed by atoms with Crippen LogP contribution in [-0.2, 0) is 4.79 Å². The largest absolute Gasteiger partial charge is 0.299 e. The van der Waals surface area contributed by atoms with E-state index in [2.05, 4.69) is 6.92 Å². The molecule has 2 atom stereocenters. The van der Waals surface area contributed by atoms with Gasteiger partial charge in [0, 0.05) is 11.8 Å². The Bertz CT molecular complexity index is 215. The van der Waals surface area contributed by atoms with Crippen LogP contribution in [0.25, 0.3) is 0 Å². The van der Waals surface area contributed by atoms with Crippen molar-refractivity contribution in [3.63, 3.8) is 0 Å². The van der Waals surface area contributed by atoms with Crippen LogP contribution in [0.3, 0.4) is 0 Å². The standard InChI is InChI=1S/C14H24O/c1-2-3-6-12-9-10-13(14(12)15)11-7-4-5-8-11/h11-13H,2-10H2,1H3. The van der Waals surface area contributed by atoms with Crippen molar-refractivity contribution in [2.75, 3.05) is 0 Å². The lowest BCUT2D eigenvalue weighted by molar-refractivity contribution is -0.125. The fourth-order valence-electron chi connectivity index (χ4n) is 3.53. The normalized spacial score (nSPS) is 32.7. The Labute approximate surface area is 93.6 Å². The molecule has 2 fully saturated rings. The maximum atomic E-state index is 12.2. The molecule has 0 aromatic rings. The van der Waals surface area contributed by atoms with Crippen molar-refractivity contribution in [2.24, 2.45) is 17.8 Å². The average Bonchev–Trinajstić information content (AvgIpc) is 2.84. The third kappa shape index (κ3) is 2.43. The minimum absolute atomic E-state index is 0.440. The molecule has 0 heterocycles. The van der Waals surface area contributed by atoms with E-state index in [1.807, 2.05) is 0 Å². The van der Waals surface area contributed by atoms with Gasteiger partial charge in [0.15, 0.2) is 0 Å². The summed E-state index contributed by atoms with van der Waals surface area (Å²) in [5.41, 5.74) is 0. The van der Waals surface area contributed by atoms with Gasteiger partial charge in [0.1, 0.15) is 5.78 Å². The molecule has 0 aromatic heterocycles. The van der Waals surface area contributed by atoms with Gasteiger partial charge < -0.3 is 0 Å². The highest BCUT2D eigenvalue weighted by atomic mass is 16.1. The molecule has 0 aromatic carbocycles. The number of carbonyl (C=O) groups is 1. The first-order chi connectivity index (χ1) is 7.33. The van der Waals surface area contributed by atoms with Crippen molar-refractivity contribution >= 4 is 5.78 Å². The van der Waals surface area contributed by atoms with Crippen LogP contribution in [0, 0.1) is 17.8 Å². The summed E-state index contributed by atoms with van der Waals surface area (Å²) in [6.07, 6.45) is 11.4. The van der Waals surface area contributed by atoms with Crippen molar-refractivity contribution in [3.05, 3.63) is 0 Å². The third-order valence-corrected chi connectivity index (χ3v) is 4.47. The molecule has 1 nitrogen and oxygen atoms in total. The predicted octanol–water partition coefficient (Wildman–Crippen LogP) is 3.96. The SMILES string of the molecule is CCCCC1CCC(C2CCCC2)C1=O. The maximum Gasteiger partial charge on any atom is 0.139 e. The summed E-state index contributed by atoms with van der Waals surface area (Å²) in [5.74, 6) is 2.31. The van der Waals surface area contributed by atoms with Gasteiger partial charge in [-0.25, -0.2) is 0 Å². The summed E-state index contributed by atoms with van der Waals surface area (Å²) in [6, 6.07) is 0. The van der Waals surface area contributed by atoms with E-state index in [4.69, 9.17) is 0 Å². The van der Waals surface area contributed by atoms with Crippen molar-refractivity contribution in [1.82, 2.24) is 0 Å². The smallest absolute Gasteiger partial charge is 0.139 e. The Kier molecular flexibility index (Phi) is 3.82. The lowest BCUT2D eigenvalue weighted by atomic mass is 9.87. The summed E-state index contributed by atoms with van der Waals surface area (Å²) in [4.78, 5) is 12.2. The molecule has 2 aliphatic carbocycles. The van der Waals surface area contributed by atoms with Crippen LogP contribution in [0.2, 0.25) is 0 Å². The lowest BCUT2D eigenvalue weighted by Crippen LogP contribution is -2.20. The molecule has 0 radical (unpaired) electrons. The molecule has 1 heteroatoms. The Balaban J connectivity index is 1.85. The van der Waals surface area contributed by atoms with Gasteiger partial charge in [0.05, 0.1) is 0 Å². The first-order valence-corrected chi connectivity index (χ1v) is 6.86. The van der Waals surface area contributed by atoms with Crippen molar-refractivity contribution in [1.29, 1.82) is 0 Å². The number of carbonyl (C=O) groups excluding carboxylic acids is 1. The van der Waals surface area contributed by atoms with Crippen LogP contribution in [0.5, 0.6) is 0 Å². The Morgan fingerprint density at radius 2 is 1.87 bits per heavy atom. The van der Waals surface area contributed by atoms with Crippen LogP contribution in [-0.4, -0.2) is 5.78 Å². The van der Waals surface area contributed by atoms with E-state index >= 15 is 0 Å². The summed E-state index contributed by atoms with van der Waals surface area (Å²) >= 11 is 0. The molecular weight excluding hydrogens is 184 g/mol. The van der Waals surface area contributed by atoms with E-state index in [9.17, 15) is 4.79 Å². The fourth-order valence-corrected chi connectivity index (χ4v) is 3.53. The number of rotatable bonds is 4. The van der Waals surface area contributed by atoms with Gasteiger partial charge >= 0.3 is 0 Å². The van der Waals surface area contributed by atoms with Crippen LogP contribution in [0.15, 0.2) is 0 Å². The summed E-state index contributed by atoms with van der Waals surface area (Å²) < 4.78 is 0. The lowest BCUT2D eigenvalue weighted by Gasteiger charge is -2.16. The summed E-state index contributed by atoms with van der Waals surface area (Å²) in [7, 11) is 0. The highest BCUT2D eigenvalue weighted by Crippen LogP contribution is 2.41. The molecular formula is C14H24O. The van der Waals surface area contributed by atoms with Crippen molar-refractivity contribution in [3.8, 4) is 0 Å². The molecule has 86 valence electrons. The van der Waals surface area contributed by atoms with Gasteiger partial charge in [0.2, 0.25) is 0 Å². The first-order valence-electron chi connectivity index (χ1n) is 6.86. The minimum Gasteiger partial charge on any atom is -0.299 e. The topological polar surface area (TPSA) is 17.1 Å². The van der Waals surface area contributed by atoms with Gasteiger partial charge in [-0.2, -0.15) is 0 Å². The van der Waals surface area contributed by atoms with Crippen LogP contribution in [0.1, 0.15) is 64.7 Å². The van der Waals surface area contributed by atoms with Gasteiger partial charge in [0.25, 0.3) is 0 Å². The number of ketones is 1. The molecule has 2 unspecified atom stereocenters. The fraction of sp³-hybridized carbons (Fsp3) is 0.929. The summed E-state index contributed by atoms with van der Waals surface area (Å²) in [6.45, 7) is 2.22. The third-order valence-electron chi connectivity index (χ3n) is 4.47. The quantitative estimate of drug-likeness (QED) is 0.683. The van der Waals surface area contributed by atoms with Gasteiger partial charge in [-0.3, -0.25) is 4.79 Å². The molecule has 15 heavy (non-hydrogen) atoms.